The molecule has 2 aliphatic heterocycles. The molecule has 2 aromatic rings. The summed E-state index contributed by atoms with van der Waals surface area (Å²) in [5.41, 5.74) is 1.02. The lowest BCUT2D eigenvalue weighted by Gasteiger charge is -2.39. The maximum absolute atomic E-state index is 12.8. The number of aromatic hydroxyl groups is 2. The third kappa shape index (κ3) is 2.90. The summed E-state index contributed by atoms with van der Waals surface area (Å²) in [6.45, 7) is 0.419. The van der Waals surface area contributed by atoms with Crippen LogP contribution in [0.2, 0.25) is 0 Å². The monoisotopic (exact) mass is 445 g/mol. The van der Waals surface area contributed by atoms with Gasteiger partial charge in [0.25, 0.3) is 0 Å². The largest absolute Gasteiger partial charge is 0.504 e. The molecule has 0 aromatic heterocycles. The normalized spacial score (nSPS) is 19.7. The Bertz CT molecular complexity index is 1130. The summed E-state index contributed by atoms with van der Waals surface area (Å²) in [5.74, 6) is -2.88. The van der Waals surface area contributed by atoms with Gasteiger partial charge in [-0.15, -0.1) is 0 Å². The summed E-state index contributed by atoms with van der Waals surface area (Å²) >= 11 is 0. The summed E-state index contributed by atoms with van der Waals surface area (Å²) in [6, 6.07) is 2.66. The highest BCUT2D eigenvalue weighted by molar-refractivity contribution is 5.98. The van der Waals surface area contributed by atoms with E-state index < -0.39 is 41.1 Å². The van der Waals surface area contributed by atoms with Crippen LogP contribution in [0.25, 0.3) is 0 Å². The number of carbonyl (C=O) groups is 2. The van der Waals surface area contributed by atoms with Crippen LogP contribution in [0.4, 0.5) is 0 Å². The molecule has 0 spiro atoms. The van der Waals surface area contributed by atoms with Crippen LogP contribution in [0, 0.1) is 0 Å². The average molecular weight is 445 g/mol. The molecule has 0 amide bonds. The van der Waals surface area contributed by atoms with E-state index in [-0.39, 0.29) is 23.5 Å². The van der Waals surface area contributed by atoms with Crippen molar-refractivity contribution in [1.29, 1.82) is 0 Å². The number of carboxylic acids is 1. The number of phenols is 2. The number of rotatable bonds is 5. The number of esters is 1. The van der Waals surface area contributed by atoms with Gasteiger partial charge in [-0.05, 0) is 25.1 Å². The summed E-state index contributed by atoms with van der Waals surface area (Å²) in [4.78, 5) is 26.6. The third-order valence-electron chi connectivity index (χ3n) is 6.06. The Kier molecular flexibility index (Phi) is 5.25. The molecule has 0 saturated heterocycles. The van der Waals surface area contributed by atoms with E-state index in [2.05, 4.69) is 0 Å². The minimum Gasteiger partial charge on any atom is -0.504 e. The fourth-order valence-electron chi connectivity index (χ4n) is 4.67. The summed E-state index contributed by atoms with van der Waals surface area (Å²) < 4.78 is 21.8. The van der Waals surface area contributed by atoms with Crippen LogP contribution in [0.5, 0.6) is 28.7 Å². The first-order valence-corrected chi connectivity index (χ1v) is 9.80. The van der Waals surface area contributed by atoms with Gasteiger partial charge in [-0.2, -0.15) is 0 Å². The molecule has 10 heteroatoms. The van der Waals surface area contributed by atoms with Gasteiger partial charge in [0, 0.05) is 17.7 Å². The van der Waals surface area contributed by atoms with E-state index in [9.17, 15) is 24.9 Å². The Morgan fingerprint density at radius 3 is 2.38 bits per heavy atom. The van der Waals surface area contributed by atoms with Crippen molar-refractivity contribution in [2.45, 2.75) is 18.6 Å². The predicted octanol–water partition coefficient (Wildman–Crippen LogP) is 2.26. The number of phenolic OH excluding ortho intramolecular Hbond substituents is 1. The lowest BCUT2D eigenvalue weighted by atomic mass is 9.83. The van der Waals surface area contributed by atoms with Crippen LogP contribution in [0.3, 0.4) is 0 Å². The maximum Gasteiger partial charge on any atom is 0.343 e. The van der Waals surface area contributed by atoms with Crippen molar-refractivity contribution in [2.75, 3.05) is 34.9 Å². The molecule has 2 aliphatic rings. The van der Waals surface area contributed by atoms with Crippen molar-refractivity contribution in [1.82, 2.24) is 4.90 Å². The SMILES string of the molecule is COc1ccc2c(c1OC)C(=O)OC2C1c2c(c(C(=O)O)c(O)c(O)c2OC)CCN1C. The average Bonchev–Trinajstić information content (AvgIpc) is 3.10. The van der Waals surface area contributed by atoms with Gasteiger partial charge in [-0.3, -0.25) is 4.90 Å². The number of benzene rings is 2. The summed E-state index contributed by atoms with van der Waals surface area (Å²) in [5, 5.41) is 30.6. The van der Waals surface area contributed by atoms with Crippen molar-refractivity contribution in [2.24, 2.45) is 0 Å². The van der Waals surface area contributed by atoms with Crippen molar-refractivity contribution in [3.8, 4) is 28.7 Å². The molecular formula is C22H23NO9. The Hall–Kier alpha value is -3.66. The number of aromatic carboxylic acids is 1. The Morgan fingerprint density at radius 2 is 1.78 bits per heavy atom. The van der Waals surface area contributed by atoms with Gasteiger partial charge < -0.3 is 34.3 Å². The van der Waals surface area contributed by atoms with E-state index in [1.165, 1.54) is 21.3 Å². The number of carbonyl (C=O) groups excluding carboxylic acids is 1. The molecule has 170 valence electrons. The van der Waals surface area contributed by atoms with Crippen molar-refractivity contribution >= 4 is 11.9 Å². The van der Waals surface area contributed by atoms with Gasteiger partial charge in [0.05, 0.1) is 27.4 Å². The highest BCUT2D eigenvalue weighted by atomic mass is 16.6. The van der Waals surface area contributed by atoms with Crippen LogP contribution in [-0.2, 0) is 11.2 Å². The van der Waals surface area contributed by atoms with E-state index in [4.69, 9.17) is 18.9 Å². The van der Waals surface area contributed by atoms with Crippen molar-refractivity contribution in [3.05, 3.63) is 39.9 Å². The zero-order valence-electron chi connectivity index (χ0n) is 18.0. The number of hydrogen-bond acceptors (Lipinski definition) is 9. The topological polar surface area (TPSA) is 135 Å². The minimum absolute atomic E-state index is 0.0657. The van der Waals surface area contributed by atoms with Crippen molar-refractivity contribution < 1.29 is 43.9 Å². The smallest absolute Gasteiger partial charge is 0.343 e. The molecule has 2 aromatic carbocycles. The quantitative estimate of drug-likeness (QED) is 0.464. The summed E-state index contributed by atoms with van der Waals surface area (Å²) in [7, 11) is 5.98. The van der Waals surface area contributed by atoms with Gasteiger partial charge in [-0.25, -0.2) is 9.59 Å². The fraction of sp³-hybridized carbons (Fsp3) is 0.364. The molecule has 0 saturated carbocycles. The Labute approximate surface area is 183 Å². The second-order valence-electron chi connectivity index (χ2n) is 7.57. The molecule has 0 bridgehead atoms. The lowest BCUT2D eigenvalue weighted by Crippen LogP contribution is -2.37. The van der Waals surface area contributed by atoms with Gasteiger partial charge in [0.15, 0.2) is 23.0 Å². The third-order valence-corrected chi connectivity index (χ3v) is 6.06. The number of hydrogen-bond donors (Lipinski definition) is 3. The second kappa shape index (κ2) is 7.79. The van der Waals surface area contributed by atoms with E-state index in [1.54, 1.807) is 19.2 Å². The Balaban J connectivity index is 1.98. The highest BCUT2D eigenvalue weighted by Crippen LogP contribution is 2.55. The zero-order chi connectivity index (χ0) is 23.3. The molecule has 4 rings (SSSR count). The molecule has 0 radical (unpaired) electrons. The first-order valence-electron chi connectivity index (χ1n) is 9.80. The van der Waals surface area contributed by atoms with Gasteiger partial charge in [0.1, 0.15) is 17.2 Å². The number of carboxylic acid groups (broad SMARTS) is 1. The number of likely N-dealkylation sites (N-methyl/N-ethyl adjacent to an activating group) is 1. The standard InChI is InChI=1S/C22H23NO9/c1-23-8-7-9-12(20(31-4)17(25)16(24)13(9)21(26)27)15(23)18-10-5-6-11(29-2)19(30-3)14(10)22(28)32-18/h5-6,15,18,24-25H,7-8H2,1-4H3,(H,26,27). The molecule has 2 heterocycles. The molecule has 2 atom stereocenters. The number of ether oxygens (including phenoxy) is 4. The van der Waals surface area contributed by atoms with Gasteiger partial charge >= 0.3 is 11.9 Å². The number of fused-ring (bicyclic) bond motifs is 2. The molecule has 0 fully saturated rings. The lowest BCUT2D eigenvalue weighted by molar-refractivity contribution is 0.00850. The molecule has 0 aliphatic carbocycles. The zero-order valence-corrected chi connectivity index (χ0v) is 18.0. The predicted molar refractivity (Wildman–Crippen MR) is 110 cm³/mol. The van der Waals surface area contributed by atoms with Crippen LogP contribution in [-0.4, -0.2) is 67.1 Å². The van der Waals surface area contributed by atoms with Crippen LogP contribution >= 0.6 is 0 Å². The highest BCUT2D eigenvalue weighted by Gasteiger charge is 2.46. The van der Waals surface area contributed by atoms with Crippen molar-refractivity contribution in [3.63, 3.8) is 0 Å². The number of cyclic esters (lactones) is 1. The van der Waals surface area contributed by atoms with E-state index >= 15 is 0 Å². The van der Waals surface area contributed by atoms with E-state index in [0.29, 0.717) is 29.0 Å². The molecular weight excluding hydrogens is 422 g/mol. The van der Waals surface area contributed by atoms with Crippen LogP contribution < -0.4 is 14.2 Å². The Morgan fingerprint density at radius 1 is 1.09 bits per heavy atom. The molecule has 10 nitrogen and oxygen atoms in total. The number of methoxy groups -OCH3 is 3. The molecule has 32 heavy (non-hydrogen) atoms. The first kappa shape index (κ1) is 21.6. The second-order valence-corrected chi connectivity index (χ2v) is 7.57. The van der Waals surface area contributed by atoms with Gasteiger partial charge in [0.2, 0.25) is 5.75 Å². The fourth-order valence-corrected chi connectivity index (χ4v) is 4.67. The number of nitrogens with zero attached hydrogens (tertiary/aromatic N) is 1. The molecule has 2 unspecified atom stereocenters. The van der Waals surface area contributed by atoms with Gasteiger partial charge in [-0.1, -0.05) is 6.07 Å². The van der Waals surface area contributed by atoms with E-state index in [1.807, 2.05) is 4.90 Å². The van der Waals surface area contributed by atoms with E-state index in [0.717, 1.165) is 0 Å². The minimum atomic E-state index is -1.38. The summed E-state index contributed by atoms with van der Waals surface area (Å²) in [6.07, 6.45) is -0.561. The van der Waals surface area contributed by atoms with Crippen LogP contribution in [0.15, 0.2) is 12.1 Å². The first-order chi connectivity index (χ1) is 15.3. The van der Waals surface area contributed by atoms with Crippen LogP contribution in [0.1, 0.15) is 49.6 Å². The maximum atomic E-state index is 12.8. The molecule has 3 N–H and O–H groups in total.